The molecule has 0 aliphatic carbocycles. The molecule has 0 fully saturated rings. The Balaban J connectivity index is 0.00000800. The maximum absolute atomic E-state index is 12.9. The lowest BCUT2D eigenvalue weighted by molar-refractivity contribution is -0.127. The Morgan fingerprint density at radius 1 is 1.10 bits per heavy atom. The van der Waals surface area contributed by atoms with Crippen molar-refractivity contribution in [1.29, 1.82) is 0 Å². The molecule has 0 aliphatic heterocycles. The molecule has 0 radical (unpaired) electrons. The lowest BCUT2D eigenvalue weighted by Gasteiger charge is -2.30. The Kier molecular flexibility index (Phi) is 16.7. The van der Waals surface area contributed by atoms with Crippen LogP contribution in [-0.4, -0.2) is 77.8 Å². The summed E-state index contributed by atoms with van der Waals surface area (Å²) in [4.78, 5) is 12.9. The van der Waals surface area contributed by atoms with Gasteiger partial charge in [0, 0.05) is 45.1 Å². The number of aromatic amines is 1. The molecule has 11 nitrogen and oxygen atoms in total. The van der Waals surface area contributed by atoms with Crippen molar-refractivity contribution in [2.75, 3.05) is 34.0 Å². The van der Waals surface area contributed by atoms with Crippen molar-refractivity contribution in [2.24, 2.45) is 29.4 Å². The lowest BCUT2D eigenvalue weighted by atomic mass is 9.81. The van der Waals surface area contributed by atoms with E-state index in [1.807, 2.05) is 32.0 Å². The van der Waals surface area contributed by atoms with Gasteiger partial charge in [0.1, 0.15) is 0 Å². The maximum atomic E-state index is 12.9. The minimum atomic E-state index is -0.794. The Labute approximate surface area is 244 Å². The van der Waals surface area contributed by atoms with Crippen molar-refractivity contribution in [1.82, 2.24) is 25.9 Å². The van der Waals surface area contributed by atoms with Gasteiger partial charge in [0.25, 0.3) is 0 Å². The molecule has 0 saturated carbocycles. The zero-order valence-corrected chi connectivity index (χ0v) is 25.6. The molecule has 0 saturated heterocycles. The number of nitrogens with zero attached hydrogens (tertiary/aromatic N) is 3. The van der Waals surface area contributed by atoms with Crippen molar-refractivity contribution in [3.8, 4) is 11.5 Å². The van der Waals surface area contributed by atoms with E-state index in [0.717, 1.165) is 18.4 Å². The normalized spacial score (nSPS) is 14.3. The van der Waals surface area contributed by atoms with Gasteiger partial charge in [-0.1, -0.05) is 39.0 Å². The van der Waals surface area contributed by atoms with Gasteiger partial charge in [0.15, 0.2) is 17.3 Å². The van der Waals surface area contributed by atoms with Crippen molar-refractivity contribution in [3.63, 3.8) is 0 Å². The van der Waals surface area contributed by atoms with E-state index >= 15 is 0 Å². The minimum absolute atomic E-state index is 0. The number of benzene rings is 1. The van der Waals surface area contributed by atoms with Crippen molar-refractivity contribution in [3.05, 3.63) is 29.6 Å². The lowest BCUT2D eigenvalue weighted by Crippen LogP contribution is -2.43. The summed E-state index contributed by atoms with van der Waals surface area (Å²) < 4.78 is 16.5. The number of hydrogen-bond acceptors (Lipinski definition) is 9. The first-order valence-electron chi connectivity index (χ1n) is 13.9. The molecular weight excluding hydrogens is 536 g/mol. The highest BCUT2D eigenvalue weighted by atomic mass is 35.5. The number of hydrogen-bond donors (Lipinski definition) is 4. The molecule has 5 N–H and O–H groups in total. The van der Waals surface area contributed by atoms with Gasteiger partial charge in [-0.25, -0.2) is 0 Å². The molecule has 1 amide bonds. The molecule has 0 spiro atoms. The highest BCUT2D eigenvalue weighted by molar-refractivity contribution is 5.85. The number of amides is 1. The number of aliphatic hydroxyl groups is 1. The highest BCUT2D eigenvalue weighted by Gasteiger charge is 2.29. The second-order valence-corrected chi connectivity index (χ2v) is 10.8. The Morgan fingerprint density at radius 3 is 2.45 bits per heavy atom. The van der Waals surface area contributed by atoms with E-state index < -0.39 is 12.1 Å². The molecule has 12 heteroatoms. The van der Waals surface area contributed by atoms with Crippen LogP contribution in [0.5, 0.6) is 11.5 Å². The average Bonchev–Trinajstić information content (AvgIpc) is 3.42. The number of aliphatic hydroxyl groups excluding tert-OH is 1. The van der Waals surface area contributed by atoms with Gasteiger partial charge in [0.2, 0.25) is 5.91 Å². The Hall–Kier alpha value is -2.47. The van der Waals surface area contributed by atoms with Crippen molar-refractivity contribution >= 4 is 18.3 Å². The number of aromatic nitrogens is 4. The monoisotopic (exact) mass is 584 g/mol. The van der Waals surface area contributed by atoms with Crippen molar-refractivity contribution < 1.29 is 24.1 Å². The van der Waals surface area contributed by atoms with Crippen LogP contribution < -0.4 is 20.5 Å². The van der Waals surface area contributed by atoms with E-state index in [0.29, 0.717) is 62.3 Å². The number of H-pyrrole nitrogens is 1. The molecule has 228 valence electrons. The van der Waals surface area contributed by atoms with E-state index in [9.17, 15) is 9.90 Å². The van der Waals surface area contributed by atoms with Gasteiger partial charge in [-0.2, -0.15) is 5.21 Å². The van der Waals surface area contributed by atoms with Crippen LogP contribution in [0.2, 0.25) is 0 Å². The molecule has 1 aromatic carbocycles. The number of ether oxygens (including phenoxy) is 3. The van der Waals surface area contributed by atoms with Crippen LogP contribution >= 0.6 is 12.4 Å². The number of nitrogens with two attached hydrogens (primary N) is 1. The Bertz CT molecular complexity index is 963. The average molecular weight is 585 g/mol. The van der Waals surface area contributed by atoms with Crippen LogP contribution in [0.25, 0.3) is 0 Å². The van der Waals surface area contributed by atoms with Crippen LogP contribution in [0, 0.1) is 23.7 Å². The molecule has 0 unspecified atom stereocenters. The third-order valence-electron chi connectivity index (χ3n) is 7.16. The quantitative estimate of drug-likeness (QED) is 0.182. The smallest absolute Gasteiger partial charge is 0.223 e. The van der Waals surface area contributed by atoms with Crippen LogP contribution in [-0.2, 0) is 22.4 Å². The fourth-order valence-corrected chi connectivity index (χ4v) is 4.58. The first-order chi connectivity index (χ1) is 18.7. The highest BCUT2D eigenvalue weighted by Crippen LogP contribution is 2.31. The molecule has 2 aromatic rings. The SMILES string of the molecule is COCCCOc1cc(C[C@@H](C[C@H](N)[C@@H](O)C[C@H](C(=O)NCCc2nn[nH]n2)C(C)C)C(C)C)ccc1OC.Cl. The summed E-state index contributed by atoms with van der Waals surface area (Å²) in [5, 5.41) is 27.7. The van der Waals surface area contributed by atoms with Gasteiger partial charge in [-0.05, 0) is 54.7 Å². The number of rotatable bonds is 19. The van der Waals surface area contributed by atoms with E-state index in [1.165, 1.54) is 0 Å². The number of tetrazole rings is 1. The second-order valence-electron chi connectivity index (χ2n) is 10.8. The van der Waals surface area contributed by atoms with Gasteiger partial charge in [0.05, 0.1) is 19.8 Å². The van der Waals surface area contributed by atoms with E-state index in [4.69, 9.17) is 19.9 Å². The molecule has 1 heterocycles. The topological polar surface area (TPSA) is 157 Å². The molecule has 0 aliphatic rings. The summed E-state index contributed by atoms with van der Waals surface area (Å²) >= 11 is 0. The molecule has 0 bridgehead atoms. The summed E-state index contributed by atoms with van der Waals surface area (Å²) in [6.45, 7) is 9.89. The third kappa shape index (κ3) is 12.0. The predicted octanol–water partition coefficient (Wildman–Crippen LogP) is 2.96. The van der Waals surface area contributed by atoms with Gasteiger partial charge in [-0.15, -0.1) is 22.6 Å². The van der Waals surface area contributed by atoms with Gasteiger partial charge in [-0.3, -0.25) is 4.79 Å². The zero-order valence-electron chi connectivity index (χ0n) is 24.8. The second kappa shape index (κ2) is 18.8. The molecule has 40 heavy (non-hydrogen) atoms. The first kappa shape index (κ1) is 35.6. The fraction of sp³-hybridized carbons (Fsp3) is 0.714. The van der Waals surface area contributed by atoms with Gasteiger partial charge >= 0.3 is 0 Å². The van der Waals surface area contributed by atoms with Crippen LogP contribution in [0.1, 0.15) is 58.3 Å². The molecule has 2 rings (SSSR count). The molecule has 4 atom stereocenters. The van der Waals surface area contributed by atoms with Crippen molar-refractivity contribution in [2.45, 2.75) is 71.9 Å². The summed E-state index contributed by atoms with van der Waals surface area (Å²) in [6.07, 6.45) is 2.22. The van der Waals surface area contributed by atoms with Crippen LogP contribution in [0.3, 0.4) is 0 Å². The van der Waals surface area contributed by atoms with E-state index in [2.05, 4.69) is 39.8 Å². The van der Waals surface area contributed by atoms with E-state index in [1.54, 1.807) is 14.2 Å². The largest absolute Gasteiger partial charge is 0.493 e. The molecular formula is C28H49ClN6O5. The standard InChI is InChI=1S/C28H48N6O5.ClH/c1-18(2)21(14-20-8-9-25(38-6)26(15-20)39-13-7-12-37-5)16-23(29)24(35)17-22(19(3)4)28(36)30-11-10-27-31-33-34-32-27;/h8-9,15,18-19,21-24,35H,7,10-14,16-17,29H2,1-6H3,(H,30,36)(H,31,32,33,34);1H/t21-,22-,23-,24-;/m0./s1. The fourth-order valence-electron chi connectivity index (χ4n) is 4.58. The number of carbonyl (C=O) groups excluding carboxylic acids is 1. The summed E-state index contributed by atoms with van der Waals surface area (Å²) in [7, 11) is 3.31. The summed E-state index contributed by atoms with van der Waals surface area (Å²) in [6, 6.07) is 5.55. The van der Waals surface area contributed by atoms with Crippen LogP contribution in [0.15, 0.2) is 18.2 Å². The van der Waals surface area contributed by atoms with Gasteiger partial charge < -0.3 is 30.4 Å². The number of nitrogens with one attached hydrogen (secondary N) is 2. The number of carbonyl (C=O) groups is 1. The first-order valence-corrected chi connectivity index (χ1v) is 13.9. The predicted molar refractivity (Wildman–Crippen MR) is 157 cm³/mol. The summed E-state index contributed by atoms with van der Waals surface area (Å²) in [5.74, 6) is 2.14. The minimum Gasteiger partial charge on any atom is -0.493 e. The molecule has 1 aromatic heterocycles. The number of methoxy groups -OCH3 is 2. The van der Waals surface area contributed by atoms with Crippen LogP contribution in [0.4, 0.5) is 0 Å². The number of halogens is 1. The van der Waals surface area contributed by atoms with E-state index in [-0.39, 0.29) is 36.1 Å². The zero-order chi connectivity index (χ0) is 28.8. The Morgan fingerprint density at radius 2 is 1.85 bits per heavy atom. The third-order valence-corrected chi connectivity index (χ3v) is 7.16. The maximum Gasteiger partial charge on any atom is 0.223 e. The summed E-state index contributed by atoms with van der Waals surface area (Å²) in [5.41, 5.74) is 7.65.